The monoisotopic (exact) mass is 464 g/mol. The number of rotatable bonds is 4. The topological polar surface area (TPSA) is 75.5 Å². The number of nitrogens with zero attached hydrogens (tertiary/aromatic N) is 4. The summed E-state index contributed by atoms with van der Waals surface area (Å²) in [5, 5.41) is 4.01. The lowest BCUT2D eigenvalue weighted by Crippen LogP contribution is -2.58. The van der Waals surface area contributed by atoms with Crippen LogP contribution in [0.25, 0.3) is 0 Å². The standard InChI is InChI=1S/C18H17F5N4O3S/c1-10-6-27-14(15(5-24-27)31(29,30)25-8-18(22,23)9-25)7-26(10)16(28)4-11-2-12(19)17(21)13(20)3-11/h2-3,5,10H,4,6-9H2,1H3/t10-/m0/s1. The lowest BCUT2D eigenvalue weighted by molar-refractivity contribution is -0.134. The fourth-order valence-corrected chi connectivity index (χ4v) is 5.33. The van der Waals surface area contributed by atoms with Crippen LogP contribution in [0, 0.1) is 17.5 Å². The molecular weight excluding hydrogens is 447 g/mol. The minimum atomic E-state index is -4.22. The predicted octanol–water partition coefficient (Wildman–Crippen LogP) is 1.91. The molecule has 2 aliphatic rings. The van der Waals surface area contributed by atoms with Crippen molar-refractivity contribution < 1.29 is 35.2 Å². The molecule has 4 rings (SSSR count). The predicted molar refractivity (Wildman–Crippen MR) is 96.0 cm³/mol. The molecule has 2 aliphatic heterocycles. The van der Waals surface area contributed by atoms with E-state index in [1.807, 2.05) is 0 Å². The van der Waals surface area contributed by atoms with Gasteiger partial charge in [-0.3, -0.25) is 9.48 Å². The molecule has 1 aromatic heterocycles. The fraction of sp³-hybridized carbons (Fsp3) is 0.444. The maximum atomic E-state index is 13.4. The summed E-state index contributed by atoms with van der Waals surface area (Å²) in [4.78, 5) is 13.8. The number of hydrogen-bond donors (Lipinski definition) is 0. The molecule has 1 atom stereocenters. The van der Waals surface area contributed by atoms with Gasteiger partial charge in [-0.2, -0.15) is 9.40 Å². The molecule has 31 heavy (non-hydrogen) atoms. The van der Waals surface area contributed by atoms with Crippen molar-refractivity contribution in [1.29, 1.82) is 0 Å². The van der Waals surface area contributed by atoms with Crippen LogP contribution in [0.1, 0.15) is 18.2 Å². The largest absolute Gasteiger partial charge is 0.332 e. The van der Waals surface area contributed by atoms with Gasteiger partial charge >= 0.3 is 0 Å². The Balaban J connectivity index is 1.57. The highest BCUT2D eigenvalue weighted by atomic mass is 32.2. The zero-order chi connectivity index (χ0) is 22.7. The van der Waals surface area contributed by atoms with Gasteiger partial charge in [0.2, 0.25) is 15.9 Å². The number of benzene rings is 1. The first-order chi connectivity index (χ1) is 14.4. The van der Waals surface area contributed by atoms with Crippen LogP contribution in [0.4, 0.5) is 22.0 Å². The van der Waals surface area contributed by atoms with Crippen molar-refractivity contribution in [2.24, 2.45) is 0 Å². The molecule has 1 aromatic carbocycles. The van der Waals surface area contributed by atoms with Gasteiger partial charge in [0, 0.05) is 6.04 Å². The Morgan fingerprint density at radius 1 is 1.19 bits per heavy atom. The third-order valence-electron chi connectivity index (χ3n) is 5.35. The highest BCUT2D eigenvalue weighted by molar-refractivity contribution is 7.89. The number of sulfonamides is 1. The quantitative estimate of drug-likeness (QED) is 0.512. The summed E-state index contributed by atoms with van der Waals surface area (Å²) in [6.45, 7) is -0.232. The van der Waals surface area contributed by atoms with E-state index in [0.717, 1.165) is 18.3 Å². The number of halogens is 5. The van der Waals surface area contributed by atoms with Crippen LogP contribution in [-0.2, 0) is 34.3 Å². The highest BCUT2D eigenvalue weighted by Crippen LogP contribution is 2.34. The number of carbonyl (C=O) groups excluding carboxylic acids is 1. The van der Waals surface area contributed by atoms with E-state index < -0.39 is 64.9 Å². The van der Waals surface area contributed by atoms with Crippen LogP contribution >= 0.6 is 0 Å². The van der Waals surface area contributed by atoms with Crippen molar-refractivity contribution in [1.82, 2.24) is 19.0 Å². The molecule has 0 saturated carbocycles. The van der Waals surface area contributed by atoms with Gasteiger partial charge in [0.05, 0.1) is 44.5 Å². The molecule has 1 fully saturated rings. The summed E-state index contributed by atoms with van der Waals surface area (Å²) in [5.74, 6) is -8.14. The van der Waals surface area contributed by atoms with Crippen molar-refractivity contribution in [3.05, 3.63) is 47.0 Å². The van der Waals surface area contributed by atoms with E-state index in [2.05, 4.69) is 5.10 Å². The van der Waals surface area contributed by atoms with Crippen molar-refractivity contribution in [2.75, 3.05) is 13.1 Å². The minimum absolute atomic E-state index is 0.0802. The average Bonchev–Trinajstić information content (AvgIpc) is 3.06. The molecule has 13 heteroatoms. The van der Waals surface area contributed by atoms with Crippen molar-refractivity contribution >= 4 is 15.9 Å². The molecule has 0 radical (unpaired) electrons. The molecular formula is C18H17F5N4O3S. The molecule has 2 aromatic rings. The van der Waals surface area contributed by atoms with E-state index in [1.165, 1.54) is 9.58 Å². The van der Waals surface area contributed by atoms with Crippen LogP contribution in [0.2, 0.25) is 0 Å². The first-order valence-electron chi connectivity index (χ1n) is 9.24. The number of aromatic nitrogens is 2. The summed E-state index contributed by atoms with van der Waals surface area (Å²) < 4.78 is 93.8. The van der Waals surface area contributed by atoms with Gasteiger partial charge < -0.3 is 4.90 Å². The first-order valence-corrected chi connectivity index (χ1v) is 10.7. The van der Waals surface area contributed by atoms with Crippen molar-refractivity contribution in [3.63, 3.8) is 0 Å². The zero-order valence-corrected chi connectivity index (χ0v) is 17.0. The van der Waals surface area contributed by atoms with Gasteiger partial charge in [-0.05, 0) is 24.6 Å². The second-order valence-corrected chi connectivity index (χ2v) is 9.59. The Hall–Kier alpha value is -2.54. The Bertz CT molecular complexity index is 1140. The maximum Gasteiger partial charge on any atom is 0.275 e. The molecule has 0 unspecified atom stereocenters. The second kappa shape index (κ2) is 7.26. The summed E-state index contributed by atoms with van der Waals surface area (Å²) in [7, 11) is -4.22. The highest BCUT2D eigenvalue weighted by Gasteiger charge is 2.51. The number of amides is 1. The Labute approximate surface area is 174 Å². The summed E-state index contributed by atoms with van der Waals surface area (Å²) in [6.07, 6.45) is 0.625. The van der Waals surface area contributed by atoms with Crippen LogP contribution < -0.4 is 0 Å². The van der Waals surface area contributed by atoms with Crippen molar-refractivity contribution in [3.8, 4) is 0 Å². The summed E-state index contributed by atoms with van der Waals surface area (Å²) in [5.41, 5.74) is 0.0708. The van der Waals surface area contributed by atoms with Crippen LogP contribution in [0.15, 0.2) is 23.2 Å². The van der Waals surface area contributed by atoms with E-state index in [9.17, 15) is 35.2 Å². The van der Waals surface area contributed by atoms with E-state index in [0.29, 0.717) is 4.31 Å². The van der Waals surface area contributed by atoms with Gasteiger partial charge in [-0.1, -0.05) is 0 Å². The first kappa shape index (κ1) is 21.7. The second-order valence-electron chi connectivity index (χ2n) is 7.69. The molecule has 3 heterocycles. The molecule has 7 nitrogen and oxygen atoms in total. The Morgan fingerprint density at radius 3 is 2.39 bits per heavy atom. The van der Waals surface area contributed by atoms with Gasteiger partial charge in [0.25, 0.3) is 5.92 Å². The Morgan fingerprint density at radius 2 is 1.81 bits per heavy atom. The number of alkyl halides is 2. The summed E-state index contributed by atoms with van der Waals surface area (Å²) in [6, 6.07) is 1.00. The smallest absolute Gasteiger partial charge is 0.275 e. The van der Waals surface area contributed by atoms with E-state index in [1.54, 1.807) is 6.92 Å². The maximum absolute atomic E-state index is 13.4. The van der Waals surface area contributed by atoms with Gasteiger partial charge in [-0.15, -0.1) is 0 Å². The number of hydrogen-bond acceptors (Lipinski definition) is 4. The van der Waals surface area contributed by atoms with E-state index in [4.69, 9.17) is 0 Å². The lowest BCUT2D eigenvalue weighted by atomic mass is 10.1. The van der Waals surface area contributed by atoms with Gasteiger partial charge in [0.15, 0.2) is 17.5 Å². The van der Waals surface area contributed by atoms with Crippen molar-refractivity contribution in [2.45, 2.75) is 43.3 Å². The molecule has 0 N–H and O–H groups in total. The third-order valence-corrected chi connectivity index (χ3v) is 7.19. The number of carbonyl (C=O) groups is 1. The molecule has 168 valence electrons. The molecule has 1 saturated heterocycles. The van der Waals surface area contributed by atoms with E-state index >= 15 is 0 Å². The zero-order valence-electron chi connectivity index (χ0n) is 16.2. The Kier molecular flexibility index (Phi) is 5.08. The molecule has 1 amide bonds. The summed E-state index contributed by atoms with van der Waals surface area (Å²) >= 11 is 0. The van der Waals surface area contributed by atoms with Crippen LogP contribution in [-0.4, -0.2) is 58.4 Å². The molecule has 0 spiro atoms. The average molecular weight is 464 g/mol. The fourth-order valence-electron chi connectivity index (χ4n) is 3.69. The molecule has 0 aliphatic carbocycles. The molecule has 0 bridgehead atoms. The van der Waals surface area contributed by atoms with E-state index in [-0.39, 0.29) is 29.2 Å². The number of fused-ring (bicyclic) bond motifs is 1. The lowest BCUT2D eigenvalue weighted by Gasteiger charge is -2.38. The normalized spacial score (nSPS) is 21.0. The SMILES string of the molecule is C[C@H]1Cn2ncc(S(=O)(=O)N3CC(F)(F)C3)c2CN1C(=O)Cc1cc(F)c(F)c(F)c1. The third kappa shape index (κ3) is 3.80. The van der Waals surface area contributed by atoms with Gasteiger partial charge in [-0.25, -0.2) is 30.4 Å². The van der Waals surface area contributed by atoms with Gasteiger partial charge in [0.1, 0.15) is 4.90 Å². The van der Waals surface area contributed by atoms with Crippen LogP contribution in [0.5, 0.6) is 0 Å². The minimum Gasteiger partial charge on any atom is -0.332 e. The van der Waals surface area contributed by atoms with Crippen LogP contribution in [0.3, 0.4) is 0 Å².